The fourth-order valence-electron chi connectivity index (χ4n) is 1.68. The molecule has 0 radical (unpaired) electrons. The number of anilines is 1. The number of nitrogens with zero attached hydrogens (tertiary/aromatic N) is 1. The molecule has 0 saturated carbocycles. The second-order valence-corrected chi connectivity index (χ2v) is 4.09. The van der Waals surface area contributed by atoms with Crippen LogP contribution >= 0.6 is 0 Å². The molecule has 18 heavy (non-hydrogen) atoms. The number of hydrogen-bond acceptors (Lipinski definition) is 6. The summed E-state index contributed by atoms with van der Waals surface area (Å²) in [6.45, 7) is 1.77. The van der Waals surface area contributed by atoms with E-state index in [1.165, 1.54) is 12.1 Å². The van der Waals surface area contributed by atoms with Gasteiger partial charge in [0.25, 0.3) is 5.69 Å². The van der Waals surface area contributed by atoms with Gasteiger partial charge in [-0.2, -0.15) is 0 Å². The van der Waals surface area contributed by atoms with Crippen molar-refractivity contribution in [2.75, 3.05) is 19.3 Å². The minimum atomic E-state index is -1.27. The van der Waals surface area contributed by atoms with Gasteiger partial charge in [0.05, 0.1) is 11.0 Å². The normalized spacial score (nSPS) is 14.2. The Bertz CT molecular complexity index is 450. The van der Waals surface area contributed by atoms with Crippen molar-refractivity contribution in [3.63, 3.8) is 0 Å². The molecule has 0 saturated heterocycles. The summed E-state index contributed by atoms with van der Waals surface area (Å²) < 4.78 is 0. The Balaban J connectivity index is 3.18. The summed E-state index contributed by atoms with van der Waals surface area (Å²) in [5.74, 6) is 0. The smallest absolute Gasteiger partial charge is 0.270 e. The number of nitrogens with two attached hydrogens (primary N) is 1. The molecule has 5 N–H and O–H groups in total. The molecule has 7 heteroatoms. The van der Waals surface area contributed by atoms with Gasteiger partial charge in [-0.3, -0.25) is 10.1 Å². The molecule has 0 bridgehead atoms. The zero-order valence-electron chi connectivity index (χ0n) is 10.3. The molecule has 0 aliphatic rings. The van der Waals surface area contributed by atoms with Crippen LogP contribution in [0.1, 0.15) is 17.2 Å². The molecule has 7 nitrogen and oxygen atoms in total. The zero-order chi connectivity index (χ0) is 13.9. The Hall–Kier alpha value is -1.70. The standard InChI is InChI=1S/C11H17N3O4/c1-6-3-7(14(17)18)4-8(10(6)12)11(16)9(15)5-13-2/h3-4,9,11,13,15-16H,5,12H2,1-2H3. The lowest BCUT2D eigenvalue weighted by atomic mass is 9.98. The summed E-state index contributed by atoms with van der Waals surface area (Å²) in [6, 6.07) is 2.52. The number of nitrogen functional groups attached to an aromatic ring is 1. The van der Waals surface area contributed by atoms with Gasteiger partial charge in [-0.15, -0.1) is 0 Å². The van der Waals surface area contributed by atoms with Crippen molar-refractivity contribution in [3.8, 4) is 0 Å². The topological polar surface area (TPSA) is 122 Å². The van der Waals surface area contributed by atoms with Crippen molar-refractivity contribution in [1.82, 2.24) is 5.32 Å². The van der Waals surface area contributed by atoms with Gasteiger partial charge in [-0.25, -0.2) is 0 Å². The number of likely N-dealkylation sites (N-methyl/N-ethyl adjacent to an activating group) is 1. The molecular formula is C11H17N3O4. The predicted molar refractivity (Wildman–Crippen MR) is 67.1 cm³/mol. The average molecular weight is 255 g/mol. The third-order valence-electron chi connectivity index (χ3n) is 2.71. The first-order valence-electron chi connectivity index (χ1n) is 5.43. The molecule has 1 aromatic rings. The summed E-state index contributed by atoms with van der Waals surface area (Å²) in [5, 5.41) is 33.1. The van der Waals surface area contributed by atoms with E-state index in [1.807, 2.05) is 0 Å². The number of aliphatic hydroxyl groups excluding tert-OH is 2. The van der Waals surface area contributed by atoms with E-state index in [4.69, 9.17) is 5.73 Å². The number of nitrogens with one attached hydrogen (secondary N) is 1. The second kappa shape index (κ2) is 5.76. The first kappa shape index (κ1) is 14.4. The molecule has 1 aromatic carbocycles. The number of non-ortho nitro benzene ring substituents is 1. The lowest BCUT2D eigenvalue weighted by Crippen LogP contribution is -2.30. The maximum absolute atomic E-state index is 10.7. The van der Waals surface area contributed by atoms with Gasteiger partial charge in [-0.05, 0) is 19.5 Å². The molecule has 1 rings (SSSR count). The van der Waals surface area contributed by atoms with Crippen molar-refractivity contribution in [2.45, 2.75) is 19.1 Å². The fraction of sp³-hybridized carbons (Fsp3) is 0.455. The minimum Gasteiger partial charge on any atom is -0.398 e. The number of nitro benzene ring substituents is 1. The molecule has 100 valence electrons. The quantitative estimate of drug-likeness (QED) is 0.336. The maximum atomic E-state index is 10.7. The number of benzene rings is 1. The Kier molecular flexibility index (Phi) is 4.60. The van der Waals surface area contributed by atoms with E-state index in [0.717, 1.165) is 0 Å². The van der Waals surface area contributed by atoms with E-state index in [-0.39, 0.29) is 23.5 Å². The van der Waals surface area contributed by atoms with Crippen LogP contribution < -0.4 is 11.1 Å². The fourth-order valence-corrected chi connectivity index (χ4v) is 1.68. The van der Waals surface area contributed by atoms with Gasteiger partial charge in [0.2, 0.25) is 0 Å². The lowest BCUT2D eigenvalue weighted by molar-refractivity contribution is -0.385. The van der Waals surface area contributed by atoms with Gasteiger partial charge in [0, 0.05) is 29.9 Å². The largest absolute Gasteiger partial charge is 0.398 e. The Morgan fingerprint density at radius 1 is 1.50 bits per heavy atom. The average Bonchev–Trinajstić information content (AvgIpc) is 2.31. The molecule has 0 aliphatic heterocycles. The zero-order valence-corrected chi connectivity index (χ0v) is 10.3. The molecule has 0 fully saturated rings. The van der Waals surface area contributed by atoms with E-state index < -0.39 is 17.1 Å². The van der Waals surface area contributed by atoms with Gasteiger partial charge in [0.15, 0.2) is 0 Å². The summed E-state index contributed by atoms with van der Waals surface area (Å²) in [5.41, 5.74) is 6.53. The molecule has 0 aromatic heterocycles. The van der Waals surface area contributed by atoms with Crippen LogP contribution in [0.4, 0.5) is 11.4 Å². The Morgan fingerprint density at radius 3 is 2.61 bits per heavy atom. The predicted octanol–water partition coefficient (Wildman–Crippen LogP) is 0.0991. The van der Waals surface area contributed by atoms with Gasteiger partial charge >= 0.3 is 0 Å². The van der Waals surface area contributed by atoms with Crippen molar-refractivity contribution in [2.24, 2.45) is 0 Å². The van der Waals surface area contributed by atoms with Crippen LogP contribution in [0, 0.1) is 17.0 Å². The van der Waals surface area contributed by atoms with Crippen LogP contribution in [-0.4, -0.2) is 34.8 Å². The molecule has 2 unspecified atom stereocenters. The first-order chi connectivity index (χ1) is 8.38. The summed E-state index contributed by atoms with van der Waals surface area (Å²) in [6.07, 6.45) is -2.35. The molecule has 0 spiro atoms. The first-order valence-corrected chi connectivity index (χ1v) is 5.43. The second-order valence-electron chi connectivity index (χ2n) is 4.09. The number of rotatable bonds is 5. The van der Waals surface area contributed by atoms with Crippen molar-refractivity contribution < 1.29 is 15.1 Å². The van der Waals surface area contributed by atoms with E-state index in [9.17, 15) is 20.3 Å². The maximum Gasteiger partial charge on any atom is 0.270 e. The van der Waals surface area contributed by atoms with Crippen LogP contribution in [-0.2, 0) is 0 Å². The third-order valence-corrected chi connectivity index (χ3v) is 2.71. The minimum absolute atomic E-state index is 0.155. The third kappa shape index (κ3) is 2.95. The molecule has 2 atom stereocenters. The number of nitro groups is 1. The summed E-state index contributed by atoms with van der Waals surface area (Å²) >= 11 is 0. The molecule has 0 amide bonds. The Labute approximate surface area is 104 Å². The molecule has 0 aliphatic carbocycles. The highest BCUT2D eigenvalue weighted by Crippen LogP contribution is 2.30. The van der Waals surface area contributed by atoms with Crippen LogP contribution in [0.3, 0.4) is 0 Å². The number of hydrogen-bond donors (Lipinski definition) is 4. The van der Waals surface area contributed by atoms with E-state index in [1.54, 1.807) is 14.0 Å². The number of aliphatic hydroxyl groups is 2. The summed E-state index contributed by atoms with van der Waals surface area (Å²) in [7, 11) is 1.62. The van der Waals surface area contributed by atoms with E-state index in [2.05, 4.69) is 5.32 Å². The summed E-state index contributed by atoms with van der Waals surface area (Å²) in [4.78, 5) is 10.2. The van der Waals surface area contributed by atoms with Gasteiger partial charge in [-0.1, -0.05) is 0 Å². The highest BCUT2D eigenvalue weighted by molar-refractivity contribution is 5.59. The van der Waals surface area contributed by atoms with Crippen molar-refractivity contribution in [3.05, 3.63) is 33.4 Å². The van der Waals surface area contributed by atoms with Crippen LogP contribution in [0.15, 0.2) is 12.1 Å². The molecule has 0 heterocycles. The van der Waals surface area contributed by atoms with Gasteiger partial charge < -0.3 is 21.3 Å². The van der Waals surface area contributed by atoms with Crippen molar-refractivity contribution in [1.29, 1.82) is 0 Å². The monoisotopic (exact) mass is 255 g/mol. The SMILES string of the molecule is CNCC(O)C(O)c1cc([N+](=O)[O-])cc(C)c1N. The van der Waals surface area contributed by atoms with E-state index in [0.29, 0.717) is 5.56 Å². The number of aryl methyl sites for hydroxylation is 1. The van der Waals surface area contributed by atoms with E-state index >= 15 is 0 Å². The lowest BCUT2D eigenvalue weighted by Gasteiger charge is -2.20. The highest BCUT2D eigenvalue weighted by atomic mass is 16.6. The van der Waals surface area contributed by atoms with Crippen LogP contribution in [0.25, 0.3) is 0 Å². The van der Waals surface area contributed by atoms with Crippen LogP contribution in [0.2, 0.25) is 0 Å². The van der Waals surface area contributed by atoms with Crippen LogP contribution in [0.5, 0.6) is 0 Å². The highest BCUT2D eigenvalue weighted by Gasteiger charge is 2.23. The van der Waals surface area contributed by atoms with Crippen molar-refractivity contribution >= 4 is 11.4 Å². The Morgan fingerprint density at radius 2 is 2.11 bits per heavy atom. The molecular weight excluding hydrogens is 238 g/mol. The van der Waals surface area contributed by atoms with Gasteiger partial charge in [0.1, 0.15) is 6.10 Å².